The molecule has 3 nitrogen and oxygen atoms in total. The van der Waals surface area contributed by atoms with Gasteiger partial charge in [0.05, 0.1) is 5.56 Å². The van der Waals surface area contributed by atoms with Gasteiger partial charge >= 0.3 is 0 Å². The molecule has 0 aliphatic rings. The highest BCUT2D eigenvalue weighted by Crippen LogP contribution is 2.25. The van der Waals surface area contributed by atoms with Gasteiger partial charge in [-0.2, -0.15) is 5.26 Å². The van der Waals surface area contributed by atoms with Crippen LogP contribution in [0.3, 0.4) is 0 Å². The number of imidazole rings is 1. The highest BCUT2D eigenvalue weighted by atomic mass is 19.1. The van der Waals surface area contributed by atoms with Crippen molar-refractivity contribution in [3.05, 3.63) is 78.0 Å². The minimum atomic E-state index is -0.536. The van der Waals surface area contributed by atoms with Crippen molar-refractivity contribution in [1.82, 2.24) is 9.38 Å². The van der Waals surface area contributed by atoms with Crippen LogP contribution in [0.5, 0.6) is 0 Å². The van der Waals surface area contributed by atoms with Gasteiger partial charge in [0.25, 0.3) is 0 Å². The number of halogens is 1. The molecule has 0 N–H and O–H groups in total. The number of aromatic nitrogens is 2. The summed E-state index contributed by atoms with van der Waals surface area (Å²) in [4.78, 5) is 4.15. The molecule has 0 fully saturated rings. The normalized spacial score (nSPS) is 10.4. The zero-order chi connectivity index (χ0) is 14.1. The fourth-order valence-electron chi connectivity index (χ4n) is 2.11. The lowest BCUT2D eigenvalue weighted by atomic mass is 9.98. The highest BCUT2D eigenvalue weighted by molar-refractivity contribution is 5.79. The van der Waals surface area contributed by atoms with Crippen molar-refractivity contribution in [2.45, 2.75) is 0 Å². The van der Waals surface area contributed by atoms with E-state index in [1.807, 2.05) is 35.0 Å². The van der Waals surface area contributed by atoms with Gasteiger partial charge in [-0.1, -0.05) is 18.7 Å². The van der Waals surface area contributed by atoms with Gasteiger partial charge in [-0.3, -0.25) is 0 Å². The molecule has 3 rings (SSSR count). The van der Waals surface area contributed by atoms with Crippen LogP contribution in [0, 0.1) is 17.1 Å². The molecule has 2 heterocycles. The summed E-state index contributed by atoms with van der Waals surface area (Å²) in [6, 6.07) is 10.2. The number of benzene rings is 1. The van der Waals surface area contributed by atoms with Gasteiger partial charge in [-0.05, 0) is 29.3 Å². The Labute approximate surface area is 115 Å². The standard InChI is InChI=1S/C16H10FN3/c1-11(14-4-2-3-12(9-18)16(14)17)13-5-6-15-19-7-8-20(15)10-13/h2-8,10H,1H2. The summed E-state index contributed by atoms with van der Waals surface area (Å²) in [5.41, 5.74) is 2.49. The Hall–Kier alpha value is -2.93. The maximum absolute atomic E-state index is 14.2. The molecule has 0 saturated heterocycles. The smallest absolute Gasteiger partial charge is 0.148 e. The minimum absolute atomic E-state index is 0.0207. The van der Waals surface area contributed by atoms with E-state index in [2.05, 4.69) is 11.6 Å². The number of nitrogens with zero attached hydrogens (tertiary/aromatic N) is 3. The number of nitriles is 1. The molecule has 0 amide bonds. The van der Waals surface area contributed by atoms with Crippen LogP contribution in [0.15, 0.2) is 55.5 Å². The molecule has 0 bridgehead atoms. The van der Waals surface area contributed by atoms with E-state index < -0.39 is 5.82 Å². The van der Waals surface area contributed by atoms with Crippen LogP contribution < -0.4 is 0 Å². The number of hydrogen-bond acceptors (Lipinski definition) is 2. The van der Waals surface area contributed by atoms with Crippen LogP contribution in [0.2, 0.25) is 0 Å². The fraction of sp³-hybridized carbons (Fsp3) is 0. The van der Waals surface area contributed by atoms with Gasteiger partial charge in [-0.25, -0.2) is 9.37 Å². The Bertz CT molecular complexity index is 856. The molecule has 3 aromatic rings. The molecule has 4 heteroatoms. The second-order valence-corrected chi connectivity index (χ2v) is 4.37. The van der Waals surface area contributed by atoms with Crippen molar-refractivity contribution in [3.63, 3.8) is 0 Å². The lowest BCUT2D eigenvalue weighted by Gasteiger charge is -2.09. The van der Waals surface area contributed by atoms with Gasteiger partial charge in [0, 0.05) is 24.2 Å². The first kappa shape index (κ1) is 12.1. The average Bonchev–Trinajstić information content (AvgIpc) is 2.94. The van der Waals surface area contributed by atoms with E-state index in [-0.39, 0.29) is 5.56 Å². The predicted molar refractivity (Wildman–Crippen MR) is 74.4 cm³/mol. The molecule has 0 saturated carbocycles. The number of fused-ring (bicyclic) bond motifs is 1. The summed E-state index contributed by atoms with van der Waals surface area (Å²) in [7, 11) is 0. The third kappa shape index (κ3) is 1.86. The van der Waals surface area contributed by atoms with Gasteiger partial charge in [-0.15, -0.1) is 0 Å². The molecule has 0 aliphatic heterocycles. The van der Waals surface area contributed by atoms with Gasteiger partial charge in [0.1, 0.15) is 17.5 Å². The van der Waals surface area contributed by atoms with Crippen molar-refractivity contribution in [2.75, 3.05) is 0 Å². The second kappa shape index (κ2) is 4.63. The number of pyridine rings is 1. The van der Waals surface area contributed by atoms with Crippen LogP contribution in [0.1, 0.15) is 16.7 Å². The van der Waals surface area contributed by atoms with E-state index in [1.54, 1.807) is 18.3 Å². The molecule has 0 unspecified atom stereocenters. The quantitative estimate of drug-likeness (QED) is 0.711. The summed E-state index contributed by atoms with van der Waals surface area (Å²) in [6.45, 7) is 3.94. The summed E-state index contributed by atoms with van der Waals surface area (Å²) in [5, 5.41) is 8.88. The van der Waals surface area contributed by atoms with Gasteiger partial charge in [0.2, 0.25) is 0 Å². The first-order chi connectivity index (χ1) is 9.70. The SMILES string of the molecule is C=C(c1ccc2nccn2c1)c1cccc(C#N)c1F. The van der Waals surface area contributed by atoms with Crippen LogP contribution in [0.25, 0.3) is 11.2 Å². The van der Waals surface area contributed by atoms with E-state index in [9.17, 15) is 4.39 Å². The lowest BCUT2D eigenvalue weighted by Crippen LogP contribution is -1.95. The first-order valence-corrected chi connectivity index (χ1v) is 6.01. The Morgan fingerprint density at radius 3 is 2.95 bits per heavy atom. The van der Waals surface area contributed by atoms with E-state index in [4.69, 9.17) is 5.26 Å². The Morgan fingerprint density at radius 1 is 1.30 bits per heavy atom. The Morgan fingerprint density at radius 2 is 2.15 bits per heavy atom. The second-order valence-electron chi connectivity index (χ2n) is 4.37. The Kier molecular flexibility index (Phi) is 2.81. The minimum Gasteiger partial charge on any atom is -0.306 e. The Balaban J connectivity index is 2.10. The average molecular weight is 263 g/mol. The molecule has 0 spiro atoms. The van der Waals surface area contributed by atoms with Crippen molar-refractivity contribution < 1.29 is 4.39 Å². The van der Waals surface area contributed by atoms with Crippen LogP contribution >= 0.6 is 0 Å². The predicted octanol–water partition coefficient (Wildman–Crippen LogP) is 3.41. The highest BCUT2D eigenvalue weighted by Gasteiger charge is 2.12. The number of hydrogen-bond donors (Lipinski definition) is 0. The lowest BCUT2D eigenvalue weighted by molar-refractivity contribution is 0.620. The van der Waals surface area contributed by atoms with Gasteiger partial charge in [0.15, 0.2) is 0 Å². The molecule has 20 heavy (non-hydrogen) atoms. The maximum Gasteiger partial charge on any atom is 0.148 e. The van der Waals surface area contributed by atoms with Crippen LogP contribution in [-0.4, -0.2) is 9.38 Å². The molecule has 1 aromatic carbocycles. The third-order valence-electron chi connectivity index (χ3n) is 3.18. The summed E-state index contributed by atoms with van der Waals surface area (Å²) >= 11 is 0. The van der Waals surface area contributed by atoms with Crippen molar-refractivity contribution in [2.24, 2.45) is 0 Å². The van der Waals surface area contributed by atoms with E-state index >= 15 is 0 Å². The molecule has 2 aromatic heterocycles. The number of rotatable bonds is 2. The van der Waals surface area contributed by atoms with E-state index in [0.717, 1.165) is 11.2 Å². The van der Waals surface area contributed by atoms with Crippen molar-refractivity contribution in [1.29, 1.82) is 5.26 Å². The largest absolute Gasteiger partial charge is 0.306 e. The monoisotopic (exact) mass is 263 g/mol. The van der Waals surface area contributed by atoms with Gasteiger partial charge < -0.3 is 4.40 Å². The third-order valence-corrected chi connectivity index (χ3v) is 3.18. The summed E-state index contributed by atoms with van der Waals surface area (Å²) in [6.07, 6.45) is 5.34. The summed E-state index contributed by atoms with van der Waals surface area (Å²) < 4.78 is 16.0. The van der Waals surface area contributed by atoms with E-state index in [0.29, 0.717) is 11.1 Å². The summed E-state index contributed by atoms with van der Waals surface area (Å²) in [5.74, 6) is -0.536. The van der Waals surface area contributed by atoms with E-state index in [1.165, 1.54) is 6.07 Å². The maximum atomic E-state index is 14.2. The molecular weight excluding hydrogens is 253 g/mol. The van der Waals surface area contributed by atoms with Crippen molar-refractivity contribution in [3.8, 4) is 6.07 Å². The first-order valence-electron chi connectivity index (χ1n) is 6.01. The van der Waals surface area contributed by atoms with Crippen molar-refractivity contribution >= 4 is 11.2 Å². The fourth-order valence-corrected chi connectivity index (χ4v) is 2.11. The topological polar surface area (TPSA) is 41.1 Å². The molecule has 0 atom stereocenters. The van der Waals surface area contributed by atoms with Crippen LogP contribution in [0.4, 0.5) is 4.39 Å². The van der Waals surface area contributed by atoms with Crippen LogP contribution in [-0.2, 0) is 0 Å². The molecular formula is C16H10FN3. The zero-order valence-electron chi connectivity index (χ0n) is 10.5. The molecule has 0 radical (unpaired) electrons. The molecule has 0 aliphatic carbocycles. The zero-order valence-corrected chi connectivity index (χ0v) is 10.5. The molecule has 96 valence electrons.